The van der Waals surface area contributed by atoms with Gasteiger partial charge in [-0.05, 0) is 46.9 Å². The Labute approximate surface area is 135 Å². The molecule has 1 atom stereocenters. The maximum absolute atomic E-state index is 11.9. The number of carbonyl (C=O) groups is 2. The van der Waals surface area contributed by atoms with Crippen LogP contribution in [0, 0.1) is 3.57 Å². The van der Waals surface area contributed by atoms with Crippen LogP contribution in [0.3, 0.4) is 0 Å². The summed E-state index contributed by atoms with van der Waals surface area (Å²) < 4.78 is 1.10. The van der Waals surface area contributed by atoms with E-state index in [0.717, 1.165) is 9.26 Å². The fraction of sp³-hybridized carbons (Fsp3) is 0.308. The van der Waals surface area contributed by atoms with Crippen molar-refractivity contribution in [1.29, 1.82) is 0 Å². The van der Waals surface area contributed by atoms with Crippen LogP contribution in [-0.4, -0.2) is 41.2 Å². The zero-order valence-electron chi connectivity index (χ0n) is 11.1. The molecule has 20 heavy (non-hydrogen) atoms. The quantitative estimate of drug-likeness (QED) is 0.787. The van der Waals surface area contributed by atoms with Crippen LogP contribution in [0.5, 0.6) is 0 Å². The lowest BCUT2D eigenvalue weighted by molar-refractivity contribution is -0.121. The summed E-state index contributed by atoms with van der Waals surface area (Å²) in [7, 11) is 3.65. The third-order valence-electron chi connectivity index (χ3n) is 2.61. The van der Waals surface area contributed by atoms with Gasteiger partial charge in [0.25, 0.3) is 5.91 Å². The van der Waals surface area contributed by atoms with Crippen molar-refractivity contribution < 1.29 is 9.59 Å². The highest BCUT2D eigenvalue weighted by Crippen LogP contribution is 2.26. The van der Waals surface area contributed by atoms with Crippen LogP contribution in [0.4, 0.5) is 5.69 Å². The molecule has 0 unspecified atom stereocenters. The molecule has 0 fully saturated rings. The van der Waals surface area contributed by atoms with Gasteiger partial charge >= 0.3 is 0 Å². The molecule has 1 aromatic carbocycles. The molecular formula is C13H14IN3O2S. The molecule has 0 aliphatic carbocycles. The lowest BCUT2D eigenvalue weighted by atomic mass is 10.2. The summed E-state index contributed by atoms with van der Waals surface area (Å²) in [4.78, 5) is 29.3. The van der Waals surface area contributed by atoms with Crippen molar-refractivity contribution in [2.45, 2.75) is 11.7 Å². The summed E-state index contributed by atoms with van der Waals surface area (Å²) in [5.74, 6) is -0.413. The van der Waals surface area contributed by atoms with Crippen molar-refractivity contribution in [3.05, 3.63) is 27.8 Å². The first-order valence-electron chi connectivity index (χ1n) is 5.97. The third kappa shape index (κ3) is 3.95. The van der Waals surface area contributed by atoms with E-state index in [4.69, 9.17) is 0 Å². The average Bonchev–Trinajstić information content (AvgIpc) is 2.74. The summed E-state index contributed by atoms with van der Waals surface area (Å²) in [5.41, 5.74) is 0.736. The zero-order valence-corrected chi connectivity index (χ0v) is 14.1. The molecule has 2 amide bonds. The van der Waals surface area contributed by atoms with Crippen molar-refractivity contribution in [3.8, 4) is 0 Å². The van der Waals surface area contributed by atoms with Crippen LogP contribution < -0.4 is 5.32 Å². The summed E-state index contributed by atoms with van der Waals surface area (Å²) in [6, 6.07) is 7.51. The first-order chi connectivity index (χ1) is 9.45. The van der Waals surface area contributed by atoms with E-state index in [2.05, 4.69) is 32.9 Å². The van der Waals surface area contributed by atoms with Crippen LogP contribution in [0.15, 0.2) is 29.3 Å². The molecule has 2 rings (SSSR count). The van der Waals surface area contributed by atoms with Crippen molar-refractivity contribution in [2.24, 2.45) is 4.99 Å². The van der Waals surface area contributed by atoms with Gasteiger partial charge in [0.15, 0.2) is 5.17 Å². The van der Waals surface area contributed by atoms with Crippen LogP contribution in [0.25, 0.3) is 0 Å². The molecular weight excluding hydrogens is 389 g/mol. The first kappa shape index (κ1) is 15.3. The number of carbonyl (C=O) groups excluding carboxylic acids is 2. The van der Waals surface area contributed by atoms with Crippen LogP contribution >= 0.6 is 34.4 Å². The van der Waals surface area contributed by atoms with Crippen LogP contribution in [-0.2, 0) is 9.59 Å². The average molecular weight is 403 g/mol. The highest BCUT2D eigenvalue weighted by atomic mass is 127. The second-order valence-electron chi connectivity index (χ2n) is 4.49. The van der Waals surface area contributed by atoms with Crippen LogP contribution in [0.2, 0.25) is 0 Å². The van der Waals surface area contributed by atoms with E-state index in [9.17, 15) is 9.59 Å². The molecule has 0 saturated heterocycles. The van der Waals surface area contributed by atoms with Gasteiger partial charge < -0.3 is 10.2 Å². The Kier molecular flexibility index (Phi) is 5.03. The van der Waals surface area contributed by atoms with Gasteiger partial charge in [0.1, 0.15) is 5.25 Å². The highest BCUT2D eigenvalue weighted by Gasteiger charge is 2.31. The molecule has 0 radical (unpaired) electrons. The van der Waals surface area contributed by atoms with E-state index in [1.54, 1.807) is 4.90 Å². The fourth-order valence-corrected chi connectivity index (χ4v) is 2.97. The van der Waals surface area contributed by atoms with Gasteiger partial charge in [-0.1, -0.05) is 11.8 Å². The summed E-state index contributed by atoms with van der Waals surface area (Å²) in [6.45, 7) is 0. The summed E-state index contributed by atoms with van der Waals surface area (Å²) >= 11 is 3.53. The number of rotatable bonds is 3. The lowest BCUT2D eigenvalue weighted by Gasteiger charge is -2.11. The van der Waals surface area contributed by atoms with E-state index in [-0.39, 0.29) is 18.2 Å². The SMILES string of the molecule is CN(C)C1=NC(=O)[C@@H](CC(=O)Nc2ccc(I)cc2)S1. The number of aliphatic imine (C=N–C) groups is 1. The second kappa shape index (κ2) is 6.57. The van der Waals surface area contributed by atoms with E-state index in [0.29, 0.717) is 5.17 Å². The molecule has 1 aliphatic rings. The second-order valence-corrected chi connectivity index (χ2v) is 6.91. The Morgan fingerprint density at radius 1 is 1.40 bits per heavy atom. The van der Waals surface area contributed by atoms with Crippen molar-refractivity contribution >= 4 is 57.0 Å². The molecule has 0 aromatic heterocycles. The monoisotopic (exact) mass is 403 g/mol. The minimum absolute atomic E-state index is 0.135. The fourth-order valence-electron chi connectivity index (χ4n) is 1.62. The van der Waals surface area contributed by atoms with E-state index < -0.39 is 5.25 Å². The minimum atomic E-state index is -0.420. The summed E-state index contributed by atoms with van der Waals surface area (Å²) in [6.07, 6.45) is 0.135. The van der Waals surface area contributed by atoms with E-state index >= 15 is 0 Å². The Morgan fingerprint density at radius 2 is 2.05 bits per heavy atom. The third-order valence-corrected chi connectivity index (χ3v) is 4.65. The number of hydrogen-bond acceptors (Lipinski definition) is 4. The smallest absolute Gasteiger partial charge is 0.262 e. The molecule has 1 N–H and O–H groups in total. The molecule has 1 aliphatic heterocycles. The lowest BCUT2D eigenvalue weighted by Crippen LogP contribution is -2.22. The standard InChI is InChI=1S/C13H14IN3O2S/c1-17(2)13-16-12(19)10(20-13)7-11(18)15-9-5-3-8(14)4-6-9/h3-6,10H,7H2,1-2H3,(H,15,18)/t10-/m1/s1. The van der Waals surface area contributed by atoms with Gasteiger partial charge in [0.2, 0.25) is 5.91 Å². The summed E-state index contributed by atoms with van der Waals surface area (Å²) in [5, 5.41) is 3.02. The number of benzene rings is 1. The normalized spacial score (nSPS) is 17.9. The maximum Gasteiger partial charge on any atom is 0.262 e. The molecule has 0 spiro atoms. The number of amidine groups is 1. The van der Waals surface area contributed by atoms with E-state index in [1.807, 2.05) is 38.4 Å². The van der Waals surface area contributed by atoms with Gasteiger partial charge in [-0.2, -0.15) is 4.99 Å². The van der Waals surface area contributed by atoms with Gasteiger partial charge in [0, 0.05) is 29.8 Å². The largest absolute Gasteiger partial charge is 0.357 e. The van der Waals surface area contributed by atoms with E-state index in [1.165, 1.54) is 11.8 Å². The molecule has 0 bridgehead atoms. The molecule has 1 aromatic rings. The predicted molar refractivity (Wildman–Crippen MR) is 89.9 cm³/mol. The molecule has 7 heteroatoms. The highest BCUT2D eigenvalue weighted by molar-refractivity contribution is 14.1. The number of amides is 2. The van der Waals surface area contributed by atoms with Crippen molar-refractivity contribution in [3.63, 3.8) is 0 Å². The topological polar surface area (TPSA) is 61.8 Å². The molecule has 1 heterocycles. The number of thioether (sulfide) groups is 1. The number of anilines is 1. The van der Waals surface area contributed by atoms with Crippen LogP contribution in [0.1, 0.15) is 6.42 Å². The van der Waals surface area contributed by atoms with Gasteiger partial charge in [0.05, 0.1) is 0 Å². The predicted octanol–water partition coefficient (Wildman–Crippen LogP) is 2.18. The van der Waals surface area contributed by atoms with Gasteiger partial charge in [-0.25, -0.2) is 0 Å². The number of halogens is 1. The number of nitrogens with zero attached hydrogens (tertiary/aromatic N) is 2. The molecule has 0 saturated carbocycles. The molecule has 106 valence electrons. The Hall–Kier alpha value is -1.09. The zero-order chi connectivity index (χ0) is 14.7. The van der Waals surface area contributed by atoms with Crippen molar-refractivity contribution in [2.75, 3.05) is 19.4 Å². The van der Waals surface area contributed by atoms with Crippen molar-refractivity contribution in [1.82, 2.24) is 4.90 Å². The first-order valence-corrected chi connectivity index (χ1v) is 7.93. The Morgan fingerprint density at radius 3 is 2.60 bits per heavy atom. The molecule has 5 nitrogen and oxygen atoms in total. The van der Waals surface area contributed by atoms with Gasteiger partial charge in [-0.3, -0.25) is 9.59 Å². The van der Waals surface area contributed by atoms with Gasteiger partial charge in [-0.15, -0.1) is 0 Å². The number of hydrogen-bond donors (Lipinski definition) is 1. The Bertz CT molecular complexity index is 557. The minimum Gasteiger partial charge on any atom is -0.357 e. The maximum atomic E-state index is 11.9. The Balaban J connectivity index is 1.90. The number of nitrogens with one attached hydrogen (secondary N) is 1.